The zero-order chi connectivity index (χ0) is 17.6. The van der Waals surface area contributed by atoms with Gasteiger partial charge in [0, 0.05) is 30.8 Å². The molecule has 5 nitrogen and oxygen atoms in total. The van der Waals surface area contributed by atoms with Crippen LogP contribution in [-0.2, 0) is 24.2 Å². The van der Waals surface area contributed by atoms with Crippen LogP contribution in [0.4, 0.5) is 5.13 Å². The molecular formula is C19H25N3O2S. The van der Waals surface area contributed by atoms with E-state index in [1.807, 2.05) is 31.2 Å². The van der Waals surface area contributed by atoms with E-state index in [2.05, 4.69) is 22.1 Å². The number of aryl methyl sites for hydroxylation is 1. The van der Waals surface area contributed by atoms with E-state index in [1.54, 1.807) is 11.3 Å². The highest BCUT2D eigenvalue weighted by Gasteiger charge is 2.20. The molecule has 3 rings (SSSR count). The number of rotatable bonds is 7. The van der Waals surface area contributed by atoms with E-state index >= 15 is 0 Å². The molecule has 2 aromatic rings. The molecule has 1 N–H and O–H groups in total. The first-order valence-corrected chi connectivity index (χ1v) is 9.72. The molecule has 0 saturated heterocycles. The number of hydrogen-bond donors (Lipinski definition) is 1. The van der Waals surface area contributed by atoms with Crippen LogP contribution in [0.1, 0.15) is 36.4 Å². The summed E-state index contributed by atoms with van der Waals surface area (Å²) in [5.74, 6) is 0.868. The number of anilines is 1. The third-order valence-electron chi connectivity index (χ3n) is 4.40. The number of para-hydroxylation sites is 1. The van der Waals surface area contributed by atoms with Crippen LogP contribution in [0.5, 0.6) is 5.75 Å². The number of aromatic nitrogens is 1. The van der Waals surface area contributed by atoms with Gasteiger partial charge in [-0.05, 0) is 31.5 Å². The summed E-state index contributed by atoms with van der Waals surface area (Å²) in [6.07, 6.45) is 2.06. The van der Waals surface area contributed by atoms with Crippen molar-refractivity contribution in [1.29, 1.82) is 0 Å². The molecule has 0 atom stereocenters. The molecule has 1 aromatic carbocycles. The van der Waals surface area contributed by atoms with Gasteiger partial charge in [-0.2, -0.15) is 0 Å². The second-order valence-corrected chi connectivity index (χ2v) is 7.18. The summed E-state index contributed by atoms with van der Waals surface area (Å²) in [6, 6.07) is 7.89. The first-order valence-electron chi connectivity index (χ1n) is 8.91. The van der Waals surface area contributed by atoms with Gasteiger partial charge < -0.3 is 10.1 Å². The summed E-state index contributed by atoms with van der Waals surface area (Å²) in [5, 5.41) is 3.69. The predicted octanol–water partition coefficient (Wildman–Crippen LogP) is 3.49. The lowest BCUT2D eigenvalue weighted by Crippen LogP contribution is -2.29. The second kappa shape index (κ2) is 8.45. The first-order chi connectivity index (χ1) is 12.2. The van der Waals surface area contributed by atoms with Crippen molar-refractivity contribution in [1.82, 2.24) is 9.88 Å². The first kappa shape index (κ1) is 17.9. The van der Waals surface area contributed by atoms with Gasteiger partial charge >= 0.3 is 0 Å². The summed E-state index contributed by atoms with van der Waals surface area (Å²) in [7, 11) is 0. The molecule has 1 aromatic heterocycles. The number of benzene rings is 1. The summed E-state index contributed by atoms with van der Waals surface area (Å²) in [5.41, 5.74) is 2.21. The molecule has 0 unspecified atom stereocenters. The lowest BCUT2D eigenvalue weighted by Gasteiger charge is -2.23. The number of thiazole rings is 1. The van der Waals surface area contributed by atoms with Crippen molar-refractivity contribution in [2.24, 2.45) is 0 Å². The topological polar surface area (TPSA) is 54.5 Å². The molecule has 0 aliphatic carbocycles. The lowest BCUT2D eigenvalue weighted by atomic mass is 10.1. The van der Waals surface area contributed by atoms with Gasteiger partial charge in [0.15, 0.2) is 5.13 Å². The molecule has 6 heteroatoms. The molecular weight excluding hydrogens is 334 g/mol. The fraction of sp³-hybridized carbons (Fsp3) is 0.474. The van der Waals surface area contributed by atoms with Crippen molar-refractivity contribution in [3.05, 3.63) is 40.4 Å². The normalized spacial score (nSPS) is 14.2. The van der Waals surface area contributed by atoms with Crippen molar-refractivity contribution in [3.63, 3.8) is 0 Å². The fourth-order valence-electron chi connectivity index (χ4n) is 3.01. The van der Waals surface area contributed by atoms with E-state index in [1.165, 1.54) is 4.88 Å². The predicted molar refractivity (Wildman–Crippen MR) is 101 cm³/mol. The third-order valence-corrected chi connectivity index (χ3v) is 5.40. The number of amides is 1. The smallest absolute Gasteiger partial charge is 0.226 e. The van der Waals surface area contributed by atoms with Crippen molar-refractivity contribution < 1.29 is 9.53 Å². The van der Waals surface area contributed by atoms with E-state index in [-0.39, 0.29) is 5.91 Å². The highest BCUT2D eigenvalue weighted by atomic mass is 32.1. The molecule has 0 saturated carbocycles. The van der Waals surface area contributed by atoms with Crippen LogP contribution in [0.2, 0.25) is 0 Å². The van der Waals surface area contributed by atoms with Gasteiger partial charge in [0.05, 0.1) is 12.3 Å². The number of likely N-dealkylation sites (N-methyl/N-ethyl adjacent to an activating group) is 1. The maximum Gasteiger partial charge on any atom is 0.226 e. The van der Waals surface area contributed by atoms with Crippen LogP contribution in [0.25, 0.3) is 0 Å². The molecule has 134 valence electrons. The van der Waals surface area contributed by atoms with Gasteiger partial charge in [0.1, 0.15) is 5.75 Å². The molecule has 0 spiro atoms. The fourth-order valence-corrected chi connectivity index (χ4v) is 4.08. The Morgan fingerprint density at radius 1 is 1.36 bits per heavy atom. The van der Waals surface area contributed by atoms with Gasteiger partial charge in [-0.1, -0.05) is 25.1 Å². The molecule has 25 heavy (non-hydrogen) atoms. The van der Waals surface area contributed by atoms with Crippen molar-refractivity contribution in [3.8, 4) is 5.75 Å². The molecule has 1 aliphatic heterocycles. The largest absolute Gasteiger partial charge is 0.494 e. The number of fused-ring (bicyclic) bond motifs is 1. The zero-order valence-electron chi connectivity index (χ0n) is 14.9. The minimum absolute atomic E-state index is 0.00439. The Hall–Kier alpha value is -1.92. The minimum Gasteiger partial charge on any atom is -0.494 e. The summed E-state index contributed by atoms with van der Waals surface area (Å²) < 4.78 is 5.62. The molecule has 1 amide bonds. The Bertz CT molecular complexity index is 729. The Morgan fingerprint density at radius 2 is 2.20 bits per heavy atom. The summed E-state index contributed by atoms with van der Waals surface area (Å²) in [6.45, 7) is 7.82. The number of carbonyl (C=O) groups excluding carboxylic acids is 1. The van der Waals surface area contributed by atoms with Crippen molar-refractivity contribution in [2.45, 2.75) is 39.7 Å². The van der Waals surface area contributed by atoms with Gasteiger partial charge in [0.25, 0.3) is 0 Å². The van der Waals surface area contributed by atoms with E-state index in [4.69, 9.17) is 4.74 Å². The van der Waals surface area contributed by atoms with E-state index in [9.17, 15) is 4.79 Å². The van der Waals surface area contributed by atoms with Gasteiger partial charge in [0.2, 0.25) is 5.91 Å². The standard InChI is InChI=1S/C19H25N3O2S/c1-3-22-12-11-15-17(13-22)25-19(20-15)21-18(23)10-9-14-7-5-6-8-16(14)24-4-2/h5-8H,3-4,9-13H2,1-2H3,(H,20,21,23). The average molecular weight is 359 g/mol. The molecule has 0 bridgehead atoms. The number of hydrogen-bond acceptors (Lipinski definition) is 5. The molecule has 1 aliphatic rings. The van der Waals surface area contributed by atoms with E-state index < -0.39 is 0 Å². The van der Waals surface area contributed by atoms with Crippen molar-refractivity contribution >= 4 is 22.4 Å². The van der Waals surface area contributed by atoms with Crippen LogP contribution in [0, 0.1) is 0 Å². The van der Waals surface area contributed by atoms with Crippen LogP contribution in [-0.4, -0.2) is 35.5 Å². The van der Waals surface area contributed by atoms with Crippen LogP contribution in [0.15, 0.2) is 24.3 Å². The Balaban J connectivity index is 1.56. The second-order valence-electron chi connectivity index (χ2n) is 6.10. The molecule has 0 radical (unpaired) electrons. The average Bonchev–Trinajstić information content (AvgIpc) is 3.02. The highest BCUT2D eigenvalue weighted by molar-refractivity contribution is 7.15. The van der Waals surface area contributed by atoms with Crippen LogP contribution < -0.4 is 10.1 Å². The maximum absolute atomic E-state index is 12.3. The Kier molecular flexibility index (Phi) is 6.04. The number of carbonyl (C=O) groups is 1. The highest BCUT2D eigenvalue weighted by Crippen LogP contribution is 2.28. The maximum atomic E-state index is 12.3. The minimum atomic E-state index is 0.00439. The Labute approximate surface area is 153 Å². The number of nitrogens with one attached hydrogen (secondary N) is 1. The number of ether oxygens (including phenoxy) is 1. The monoisotopic (exact) mass is 359 g/mol. The van der Waals surface area contributed by atoms with E-state index in [0.29, 0.717) is 19.4 Å². The lowest BCUT2D eigenvalue weighted by molar-refractivity contribution is -0.116. The van der Waals surface area contributed by atoms with Crippen molar-refractivity contribution in [2.75, 3.05) is 25.0 Å². The SMILES string of the molecule is CCOc1ccccc1CCC(=O)Nc1nc2c(s1)CN(CC)CC2. The molecule has 0 fully saturated rings. The van der Waals surface area contributed by atoms with Gasteiger partial charge in [-0.3, -0.25) is 9.69 Å². The van der Waals surface area contributed by atoms with Gasteiger partial charge in [-0.15, -0.1) is 11.3 Å². The van der Waals surface area contributed by atoms with Crippen LogP contribution >= 0.6 is 11.3 Å². The third kappa shape index (κ3) is 4.58. The number of nitrogens with zero attached hydrogens (tertiary/aromatic N) is 2. The van der Waals surface area contributed by atoms with Gasteiger partial charge in [-0.25, -0.2) is 4.98 Å². The molecule has 2 heterocycles. The summed E-state index contributed by atoms with van der Waals surface area (Å²) >= 11 is 1.61. The van der Waals surface area contributed by atoms with E-state index in [0.717, 1.165) is 48.2 Å². The summed E-state index contributed by atoms with van der Waals surface area (Å²) in [4.78, 5) is 20.6. The quantitative estimate of drug-likeness (QED) is 0.822. The Morgan fingerprint density at radius 3 is 3.00 bits per heavy atom. The zero-order valence-corrected chi connectivity index (χ0v) is 15.7. The van der Waals surface area contributed by atoms with Crippen LogP contribution in [0.3, 0.4) is 0 Å².